The second kappa shape index (κ2) is 8.03. The SMILES string of the molecule is CCc1ccc(C(=O)CSc2nn(-c3ccc(F)cc3)c(=S)s2)cc1. The molecule has 3 aromatic rings. The van der Waals surface area contributed by atoms with E-state index < -0.39 is 0 Å². The highest BCUT2D eigenvalue weighted by Gasteiger charge is 2.11. The van der Waals surface area contributed by atoms with Crippen LogP contribution in [0.3, 0.4) is 0 Å². The zero-order valence-electron chi connectivity index (χ0n) is 13.4. The van der Waals surface area contributed by atoms with Crippen LogP contribution < -0.4 is 0 Å². The minimum absolute atomic E-state index is 0.0575. The maximum Gasteiger partial charge on any atom is 0.184 e. The average Bonchev–Trinajstić information content (AvgIpc) is 3.01. The zero-order chi connectivity index (χ0) is 17.8. The van der Waals surface area contributed by atoms with Gasteiger partial charge >= 0.3 is 0 Å². The van der Waals surface area contributed by atoms with Crippen molar-refractivity contribution in [1.29, 1.82) is 0 Å². The molecule has 128 valence electrons. The monoisotopic (exact) mass is 390 g/mol. The Kier molecular flexibility index (Phi) is 5.78. The predicted octanol–water partition coefficient (Wildman–Crippen LogP) is 5.34. The van der Waals surface area contributed by atoms with Crippen molar-refractivity contribution >= 4 is 41.1 Å². The third-order valence-electron chi connectivity index (χ3n) is 3.61. The summed E-state index contributed by atoms with van der Waals surface area (Å²) in [5.41, 5.74) is 2.61. The Balaban J connectivity index is 1.69. The third kappa shape index (κ3) is 4.42. The molecule has 0 radical (unpaired) electrons. The summed E-state index contributed by atoms with van der Waals surface area (Å²) in [6.07, 6.45) is 0.952. The minimum atomic E-state index is -0.306. The lowest BCUT2D eigenvalue weighted by Gasteiger charge is -2.01. The van der Waals surface area contributed by atoms with Crippen molar-refractivity contribution in [2.24, 2.45) is 0 Å². The Morgan fingerprint density at radius 2 is 1.88 bits per heavy atom. The first-order chi connectivity index (χ1) is 12.1. The lowest BCUT2D eigenvalue weighted by Crippen LogP contribution is -2.02. The number of carbonyl (C=O) groups is 1. The van der Waals surface area contributed by atoms with Crippen molar-refractivity contribution in [3.63, 3.8) is 0 Å². The number of aryl methyl sites for hydroxylation is 1. The molecule has 0 unspecified atom stereocenters. The van der Waals surface area contributed by atoms with Gasteiger partial charge in [0.15, 0.2) is 14.1 Å². The second-order valence-corrected chi connectivity index (χ2v) is 8.13. The van der Waals surface area contributed by atoms with E-state index in [4.69, 9.17) is 12.2 Å². The number of rotatable bonds is 6. The first-order valence-corrected chi connectivity index (χ1v) is 9.89. The van der Waals surface area contributed by atoms with Crippen LogP contribution in [-0.4, -0.2) is 21.3 Å². The molecule has 0 fully saturated rings. The lowest BCUT2D eigenvalue weighted by molar-refractivity contribution is 0.102. The maximum atomic E-state index is 13.0. The minimum Gasteiger partial charge on any atom is -0.293 e. The van der Waals surface area contributed by atoms with Crippen molar-refractivity contribution in [3.8, 4) is 5.69 Å². The topological polar surface area (TPSA) is 34.9 Å². The predicted molar refractivity (Wildman–Crippen MR) is 103 cm³/mol. The molecule has 3 rings (SSSR count). The van der Waals surface area contributed by atoms with Crippen LogP contribution in [0.1, 0.15) is 22.8 Å². The highest BCUT2D eigenvalue weighted by Crippen LogP contribution is 2.25. The van der Waals surface area contributed by atoms with Crippen molar-refractivity contribution in [2.45, 2.75) is 17.7 Å². The van der Waals surface area contributed by atoms with Gasteiger partial charge in [0, 0.05) is 5.56 Å². The molecule has 1 aromatic heterocycles. The zero-order valence-corrected chi connectivity index (χ0v) is 15.9. The Morgan fingerprint density at radius 3 is 2.52 bits per heavy atom. The first-order valence-electron chi connectivity index (χ1n) is 7.68. The van der Waals surface area contributed by atoms with Crippen LogP contribution in [0, 0.1) is 9.77 Å². The molecule has 0 N–H and O–H groups in total. The van der Waals surface area contributed by atoms with Gasteiger partial charge in [-0.1, -0.05) is 54.3 Å². The fourth-order valence-corrected chi connectivity index (χ4v) is 4.46. The summed E-state index contributed by atoms with van der Waals surface area (Å²) in [6, 6.07) is 13.7. The maximum absolute atomic E-state index is 13.0. The summed E-state index contributed by atoms with van der Waals surface area (Å²) in [6.45, 7) is 2.08. The number of ketones is 1. The van der Waals surface area contributed by atoms with Crippen LogP contribution in [0.5, 0.6) is 0 Å². The van der Waals surface area contributed by atoms with Crippen molar-refractivity contribution in [2.75, 3.05) is 5.75 Å². The molecule has 0 bridgehead atoms. The molecule has 0 amide bonds. The summed E-state index contributed by atoms with van der Waals surface area (Å²) in [5.74, 6) is 0.0545. The van der Waals surface area contributed by atoms with Crippen molar-refractivity contribution in [1.82, 2.24) is 9.78 Å². The summed E-state index contributed by atoms with van der Waals surface area (Å²) in [4.78, 5) is 12.3. The van der Waals surface area contributed by atoms with Gasteiger partial charge in [0.05, 0.1) is 11.4 Å². The first kappa shape index (κ1) is 18.0. The molecule has 0 aliphatic heterocycles. The van der Waals surface area contributed by atoms with E-state index in [0.29, 0.717) is 25.3 Å². The number of nitrogens with zero attached hydrogens (tertiary/aromatic N) is 2. The Hall–Kier alpha value is -1.83. The van der Waals surface area contributed by atoms with E-state index in [9.17, 15) is 9.18 Å². The number of halogens is 1. The molecule has 0 saturated carbocycles. The molecule has 0 atom stereocenters. The number of benzene rings is 2. The normalized spacial score (nSPS) is 10.8. The molecular formula is C18H15FN2OS3. The molecule has 1 heterocycles. The van der Waals surface area contributed by atoms with Gasteiger partial charge in [-0.25, -0.2) is 9.07 Å². The molecule has 2 aromatic carbocycles. The van der Waals surface area contributed by atoms with E-state index in [1.165, 1.54) is 40.8 Å². The lowest BCUT2D eigenvalue weighted by atomic mass is 10.1. The summed E-state index contributed by atoms with van der Waals surface area (Å²) in [5, 5.41) is 4.42. The summed E-state index contributed by atoms with van der Waals surface area (Å²) in [7, 11) is 0. The van der Waals surface area contributed by atoms with E-state index in [0.717, 1.165) is 6.42 Å². The van der Waals surface area contributed by atoms with Crippen molar-refractivity contribution in [3.05, 3.63) is 69.4 Å². The smallest absolute Gasteiger partial charge is 0.184 e. The van der Waals surface area contributed by atoms with Crippen LogP contribution in [0.15, 0.2) is 52.9 Å². The van der Waals surface area contributed by atoms with Gasteiger partial charge in [-0.05, 0) is 48.5 Å². The summed E-state index contributed by atoms with van der Waals surface area (Å²) >= 11 is 8.02. The molecule has 0 aliphatic rings. The number of thioether (sulfide) groups is 1. The van der Waals surface area contributed by atoms with Crippen molar-refractivity contribution < 1.29 is 9.18 Å². The van der Waals surface area contributed by atoms with E-state index in [-0.39, 0.29) is 11.6 Å². The van der Waals surface area contributed by atoms with Crippen LogP contribution in [-0.2, 0) is 6.42 Å². The number of hydrogen-bond donors (Lipinski definition) is 0. The summed E-state index contributed by atoms with van der Waals surface area (Å²) < 4.78 is 15.9. The van der Waals surface area contributed by atoms with E-state index in [1.807, 2.05) is 24.3 Å². The fourth-order valence-electron chi connectivity index (χ4n) is 2.20. The van der Waals surface area contributed by atoms with Crippen LogP contribution >= 0.6 is 35.3 Å². The van der Waals surface area contributed by atoms with E-state index in [2.05, 4.69) is 12.0 Å². The average molecular weight is 391 g/mol. The highest BCUT2D eigenvalue weighted by atomic mass is 32.2. The van der Waals surface area contributed by atoms with E-state index in [1.54, 1.807) is 16.8 Å². The molecule has 0 saturated heterocycles. The molecule has 0 spiro atoms. The second-order valence-electron chi connectivity index (χ2n) is 5.28. The number of hydrogen-bond acceptors (Lipinski definition) is 5. The van der Waals surface area contributed by atoms with Crippen LogP contribution in [0.2, 0.25) is 0 Å². The Labute approximate surface area is 158 Å². The van der Waals surface area contributed by atoms with Gasteiger partial charge in [0.2, 0.25) is 0 Å². The molecular weight excluding hydrogens is 375 g/mol. The molecule has 25 heavy (non-hydrogen) atoms. The standard InChI is InChI=1S/C18H15FN2OS3/c1-2-12-3-5-13(6-4-12)16(22)11-24-17-20-21(18(23)25-17)15-9-7-14(19)8-10-15/h3-10H,2,11H2,1H3. The van der Waals surface area contributed by atoms with E-state index >= 15 is 0 Å². The van der Waals surface area contributed by atoms with Gasteiger partial charge in [-0.3, -0.25) is 4.79 Å². The van der Waals surface area contributed by atoms with Crippen LogP contribution in [0.25, 0.3) is 5.69 Å². The van der Waals surface area contributed by atoms with Crippen LogP contribution in [0.4, 0.5) is 4.39 Å². The number of Topliss-reactive ketones (excluding diaryl/α,β-unsaturated/α-hetero) is 1. The largest absolute Gasteiger partial charge is 0.293 e. The number of aromatic nitrogens is 2. The quantitative estimate of drug-likeness (QED) is 0.323. The van der Waals surface area contributed by atoms with Gasteiger partial charge in [-0.15, -0.1) is 5.10 Å². The fraction of sp³-hybridized carbons (Fsp3) is 0.167. The highest BCUT2D eigenvalue weighted by molar-refractivity contribution is 8.01. The Bertz CT molecular complexity index is 930. The Morgan fingerprint density at radius 1 is 1.20 bits per heavy atom. The third-order valence-corrected chi connectivity index (χ3v) is 5.98. The molecule has 0 aliphatic carbocycles. The van der Waals surface area contributed by atoms with Gasteiger partial charge < -0.3 is 0 Å². The van der Waals surface area contributed by atoms with Gasteiger partial charge in [0.1, 0.15) is 5.82 Å². The molecule has 7 heteroatoms. The molecule has 3 nitrogen and oxygen atoms in total. The number of carbonyl (C=O) groups excluding carboxylic acids is 1. The van der Waals surface area contributed by atoms with Gasteiger partial charge in [0.25, 0.3) is 0 Å². The van der Waals surface area contributed by atoms with Gasteiger partial charge in [-0.2, -0.15) is 0 Å².